The number of aliphatic hydroxyl groups is 7. The summed E-state index contributed by atoms with van der Waals surface area (Å²) in [5.74, 6) is -18.1. The number of unbranched alkanes of at least 4 members (excludes halogenated alkanes) is 4. The maximum absolute atomic E-state index is 16.7. The quantitative estimate of drug-likeness (QED) is 0.0490. The predicted molar refractivity (Wildman–Crippen MR) is 423 cm³/mol. The summed E-state index contributed by atoms with van der Waals surface area (Å²) in [7, 11) is 1.43. The molecule has 7 aromatic rings. The first-order chi connectivity index (χ1) is 57.8. The van der Waals surface area contributed by atoms with E-state index in [1.807, 2.05) is 6.92 Å². The molecule has 0 aliphatic carbocycles. The van der Waals surface area contributed by atoms with Crippen molar-refractivity contribution in [3.05, 3.63) is 164 Å². The number of nitrogens with one attached hydrogen (secondary N) is 8. The van der Waals surface area contributed by atoms with E-state index in [1.165, 1.54) is 49.5 Å². The Kier molecular flexibility index (Phi) is 27.0. The molecule has 644 valence electrons. The summed E-state index contributed by atoms with van der Waals surface area (Å²) >= 11 is 14.2. The van der Waals surface area contributed by atoms with Gasteiger partial charge in [-0.3, -0.25) is 28.8 Å². The van der Waals surface area contributed by atoms with Gasteiger partial charge in [0.05, 0.1) is 22.7 Å². The van der Waals surface area contributed by atoms with Gasteiger partial charge in [-0.25, -0.2) is 9.59 Å². The number of halogens is 2. The largest absolute Gasteiger partial charge is 0.508 e. The summed E-state index contributed by atoms with van der Waals surface area (Å²) in [4.78, 5) is 122. The smallest absolute Gasteiger partial charge is 0.335 e. The fraction of sp³-hybridized carbons (Fsp3) is 0.398. The number of benzene rings is 7. The van der Waals surface area contributed by atoms with Crippen molar-refractivity contribution in [1.29, 1.82) is 0 Å². The molecule has 8 aliphatic heterocycles. The molecule has 0 saturated carbocycles. The van der Waals surface area contributed by atoms with Crippen molar-refractivity contribution in [2.75, 3.05) is 20.2 Å². The van der Waals surface area contributed by atoms with E-state index in [0.717, 1.165) is 118 Å². The van der Waals surface area contributed by atoms with Crippen molar-refractivity contribution in [1.82, 2.24) is 42.5 Å². The molecule has 6 amide bonds. The minimum atomic E-state index is -2.42. The molecule has 8 heterocycles. The van der Waals surface area contributed by atoms with Gasteiger partial charge < -0.3 is 142 Å². The number of carboxylic acids is 2. The molecule has 7 aromatic carbocycles. The van der Waals surface area contributed by atoms with E-state index in [0.29, 0.717) is 12.0 Å². The molecule has 0 radical (unpaired) electrons. The van der Waals surface area contributed by atoms with Crippen LogP contribution in [0.2, 0.25) is 10.0 Å². The maximum atomic E-state index is 16.7. The van der Waals surface area contributed by atoms with Crippen LogP contribution in [0.4, 0.5) is 0 Å². The lowest BCUT2D eigenvalue weighted by atomic mass is 9.89. The number of phenols is 4. The third-order valence-electron chi connectivity index (χ3n) is 22.0. The Hall–Kier alpha value is -11.4. The molecular formula is C83H90Cl2N8O28. The van der Waals surface area contributed by atoms with Crippen LogP contribution in [0, 0.1) is 5.92 Å². The van der Waals surface area contributed by atoms with Gasteiger partial charge in [-0.05, 0) is 133 Å². The average molecular weight is 1720 g/mol. The first kappa shape index (κ1) is 87.5. The maximum Gasteiger partial charge on any atom is 0.335 e. The first-order valence-electron chi connectivity index (χ1n) is 39.0. The number of carboxylic acid groups (broad SMARTS) is 2. The zero-order valence-corrected chi connectivity index (χ0v) is 66.4. The number of rotatable bonds is 19. The Morgan fingerprint density at radius 3 is 1.88 bits per heavy atom. The van der Waals surface area contributed by atoms with Crippen LogP contribution in [-0.2, 0) is 54.3 Å². The lowest BCUT2D eigenvalue weighted by molar-refractivity contribution is -0.277. The Morgan fingerprint density at radius 2 is 1.19 bits per heavy atom. The molecule has 21 N–H and O–H groups in total. The number of aliphatic carboxylic acids is 2. The second-order valence-electron chi connectivity index (χ2n) is 30.2. The topological polar surface area (TPSA) is 560 Å². The van der Waals surface area contributed by atoms with E-state index in [-0.39, 0.29) is 47.3 Å². The number of amides is 6. The number of phenolic OH excluding ortho intramolecular Hbond substituents is 4. The molecule has 38 heteroatoms. The van der Waals surface area contributed by atoms with Crippen molar-refractivity contribution in [3.63, 3.8) is 0 Å². The van der Waals surface area contributed by atoms with E-state index in [4.69, 9.17) is 56.4 Å². The van der Waals surface area contributed by atoms with Gasteiger partial charge in [0.25, 0.3) is 0 Å². The van der Waals surface area contributed by atoms with Crippen molar-refractivity contribution in [2.24, 2.45) is 5.92 Å². The molecule has 121 heavy (non-hydrogen) atoms. The Labute approximate surface area is 699 Å². The Balaban J connectivity index is 1.06. The Morgan fingerprint density at radius 1 is 0.537 bits per heavy atom. The average Bonchev–Trinajstić information content (AvgIpc) is 0.757. The van der Waals surface area contributed by atoms with Crippen LogP contribution in [0.15, 0.2) is 115 Å². The molecule has 5 unspecified atom stereocenters. The highest BCUT2D eigenvalue weighted by atomic mass is 35.5. The highest BCUT2D eigenvalue weighted by molar-refractivity contribution is 6.33. The number of hydrogen-bond donors (Lipinski definition) is 21. The fourth-order valence-electron chi connectivity index (χ4n) is 15.5. The predicted octanol–water partition coefficient (Wildman–Crippen LogP) is 4.66. The van der Waals surface area contributed by atoms with Gasteiger partial charge in [-0.1, -0.05) is 106 Å². The summed E-state index contributed by atoms with van der Waals surface area (Å²) in [5, 5.41) is 169. The zero-order chi connectivity index (χ0) is 86.7. The third kappa shape index (κ3) is 18.8. The molecule has 0 spiro atoms. The first-order valence-corrected chi connectivity index (χ1v) is 39.8. The van der Waals surface area contributed by atoms with Crippen molar-refractivity contribution in [3.8, 4) is 80.1 Å². The monoisotopic (exact) mass is 1720 g/mol. The van der Waals surface area contributed by atoms with Crippen LogP contribution >= 0.6 is 23.2 Å². The van der Waals surface area contributed by atoms with Crippen LogP contribution in [0.1, 0.15) is 140 Å². The number of likely N-dealkylation sites (N-methyl/N-ethyl adjacent to an activating group) is 1. The molecule has 36 nitrogen and oxygen atoms in total. The molecule has 8 aliphatic rings. The number of ether oxygens (including phenoxy) is 7. The highest BCUT2D eigenvalue weighted by Crippen LogP contribution is 2.50. The Bertz CT molecular complexity index is 5100. The van der Waals surface area contributed by atoms with E-state index < -0.39 is 259 Å². The van der Waals surface area contributed by atoms with Gasteiger partial charge >= 0.3 is 11.9 Å². The summed E-state index contributed by atoms with van der Waals surface area (Å²) < 4.78 is 44.5. The summed E-state index contributed by atoms with van der Waals surface area (Å²) in [5.41, 5.74) is -3.04. The van der Waals surface area contributed by atoms with Crippen LogP contribution in [0.25, 0.3) is 11.1 Å². The van der Waals surface area contributed by atoms with Gasteiger partial charge in [0.15, 0.2) is 35.1 Å². The van der Waals surface area contributed by atoms with E-state index in [1.54, 1.807) is 0 Å². The van der Waals surface area contributed by atoms with Crippen LogP contribution < -0.4 is 66.2 Å². The summed E-state index contributed by atoms with van der Waals surface area (Å²) in [6.45, 7) is 3.28. The third-order valence-corrected chi connectivity index (χ3v) is 22.7. The number of carbonyl (C=O) groups is 8. The molecule has 15 rings (SSSR count). The molecule has 0 aromatic heterocycles. The van der Waals surface area contributed by atoms with E-state index >= 15 is 24.0 Å². The van der Waals surface area contributed by atoms with Gasteiger partial charge in [-0.15, -0.1) is 0 Å². The van der Waals surface area contributed by atoms with Crippen LogP contribution in [-0.4, -0.2) is 207 Å². The van der Waals surface area contributed by atoms with E-state index in [2.05, 4.69) is 49.5 Å². The number of carbonyl (C=O) groups excluding carboxylic acids is 6. The van der Waals surface area contributed by atoms with Crippen molar-refractivity contribution in [2.45, 2.75) is 181 Å². The minimum Gasteiger partial charge on any atom is -0.508 e. The lowest BCUT2D eigenvalue weighted by Crippen LogP contribution is -2.65. The van der Waals surface area contributed by atoms with Crippen LogP contribution in [0.5, 0.6) is 69.0 Å². The van der Waals surface area contributed by atoms with Gasteiger partial charge in [0.2, 0.25) is 53.8 Å². The van der Waals surface area contributed by atoms with Crippen molar-refractivity contribution >= 4 is 70.6 Å². The number of hydrogen-bond acceptors (Lipinski definition) is 28. The van der Waals surface area contributed by atoms with Gasteiger partial charge in [0.1, 0.15) is 119 Å². The molecular weight excluding hydrogens is 1630 g/mol. The lowest BCUT2D eigenvalue weighted by Gasteiger charge is -2.42. The number of aromatic hydroxyl groups is 4. The fourth-order valence-corrected chi connectivity index (χ4v) is 15.9. The minimum absolute atomic E-state index is 0.0457. The number of fused-ring (bicyclic) bond motifs is 14. The molecule has 19 atom stereocenters. The van der Waals surface area contributed by atoms with Gasteiger partial charge in [-0.2, -0.15) is 0 Å². The highest BCUT2D eigenvalue weighted by Gasteiger charge is 2.51. The molecule has 17 bridgehead atoms. The normalized spacial score (nSPS) is 26.9. The standard InChI is InChI=1S/C83H90Cl2N8O28/c1-4-6-8-9-11-35(10-7-5-2)32-87-65-68(101)70(103)73(81(113)114)121-82(65)120-72-54-26-39-27-55(72)117-51-21-16-38(24-46(51)84)66(99)64-79(110)92-63(80(111)112)44-28-40(95)29-53(118-83-71(104)69(102)67(100)56(33-94)119-83)57(44)43-23-36(14-19-48(43)96)60(76(107)93-64)89-77(108)61(39)90-78(109)62-45-30-42(31-50(98)58(45)85)116-52-25-37(15-20-49(52)97)59(86-3)75(106)88-47(74(105)91-62)22-34-12-17-41(115-54)18-13-34/h12-21,23-31,35,47,56,59-71,73,82-83,86-87,94-104H,4-11,22,32-33H2,1-3H3,(H,88,106)(H,89,108)(H,90,109)(H,91,105)(H,92,110)(H,93,107)(H,111,112)(H,113,114)/t35?,47-,56-,59-,60-,61-,62+,63+,64?,65?,66-,67-,68-,69+,70?,71+,73?,82-,83+/m1/s1. The molecule has 2 fully saturated rings. The van der Waals surface area contributed by atoms with Crippen LogP contribution in [0.3, 0.4) is 0 Å². The molecule has 2 saturated heterocycles. The SMILES string of the molecule is CCCCCCC(CCCC)CNC1[C@H](Oc2c3cc4cc2Oc2ccc(cc2Cl)[C@@H](O)C2NC(=O)[C@H](NC(=O)[C@@H]4NC(=O)[C@H]4NC(=O)[C@@H](Cc5ccc(cc5)O3)NC(=O)[C@H](NC)c3ccc(O)c(c3)Oc3cc(O)c(Cl)c4c3)c3ccc(O)c(c3)-c3c(O[C@H]4O[C@H](CO)[C@@H](O)[C@H](O)[C@@H]4O)cc(O)cc3[C@@H](C(=O)O)NC2=O)OC(C(=O)O)C(O)[C@@H]1O. The zero-order valence-electron chi connectivity index (χ0n) is 64.9. The summed E-state index contributed by atoms with van der Waals surface area (Å²) in [6, 6.07) is 5.58. The van der Waals surface area contributed by atoms with Crippen molar-refractivity contribution < 1.29 is 138 Å². The second kappa shape index (κ2) is 37.3. The second-order valence-corrected chi connectivity index (χ2v) is 31.0. The van der Waals surface area contributed by atoms with E-state index in [9.17, 15) is 80.8 Å². The number of aliphatic hydroxyl groups excluding tert-OH is 7. The van der Waals surface area contributed by atoms with Gasteiger partial charge in [0, 0.05) is 40.8 Å². The summed E-state index contributed by atoms with van der Waals surface area (Å²) in [6.07, 6.45) is -14.2.